The fourth-order valence-corrected chi connectivity index (χ4v) is 3.40. The van der Waals surface area contributed by atoms with Gasteiger partial charge in [0.2, 0.25) is 5.91 Å². The Morgan fingerprint density at radius 1 is 1.08 bits per heavy atom. The predicted molar refractivity (Wildman–Crippen MR) is 107 cm³/mol. The summed E-state index contributed by atoms with van der Waals surface area (Å²) in [6.07, 6.45) is 1.14. The summed E-state index contributed by atoms with van der Waals surface area (Å²) in [6.45, 7) is 2.57. The lowest BCUT2D eigenvalue weighted by atomic mass is 10.2. The summed E-state index contributed by atoms with van der Waals surface area (Å²) in [5.74, 6) is -0.101. The number of anilines is 2. The van der Waals surface area contributed by atoms with E-state index in [2.05, 4.69) is 15.4 Å². The number of sulfonamides is 1. The maximum absolute atomic E-state index is 12.5. The molecule has 0 saturated carbocycles. The Balaban J connectivity index is 0.00000338. The number of benzene rings is 2. The number of carbonyl (C=O) groups excluding carboxylic acids is 1. The van der Waals surface area contributed by atoms with Crippen LogP contribution in [0.5, 0.6) is 0 Å². The molecule has 0 aliphatic carbocycles. The van der Waals surface area contributed by atoms with Gasteiger partial charge in [0.1, 0.15) is 0 Å². The second kappa shape index (κ2) is 10.2. The minimum Gasteiger partial charge on any atom is -0.326 e. The zero-order chi connectivity index (χ0) is 18.3. The van der Waals surface area contributed by atoms with Gasteiger partial charge in [-0.2, -0.15) is 0 Å². The van der Waals surface area contributed by atoms with Crippen molar-refractivity contribution in [3.05, 3.63) is 54.1 Å². The third-order valence-electron chi connectivity index (χ3n) is 3.65. The smallest absolute Gasteiger partial charge is 0.261 e. The highest BCUT2D eigenvalue weighted by atomic mass is 35.5. The van der Waals surface area contributed by atoms with Crippen LogP contribution in [0.25, 0.3) is 0 Å². The highest BCUT2D eigenvalue weighted by Crippen LogP contribution is 2.23. The zero-order valence-electron chi connectivity index (χ0n) is 14.8. The molecular weight excluding hydrogens is 374 g/mol. The van der Waals surface area contributed by atoms with Crippen LogP contribution < -0.4 is 15.4 Å². The summed E-state index contributed by atoms with van der Waals surface area (Å²) in [7, 11) is -1.83. The van der Waals surface area contributed by atoms with E-state index in [1.165, 1.54) is 12.1 Å². The van der Waals surface area contributed by atoms with Crippen LogP contribution >= 0.6 is 12.4 Å². The summed E-state index contributed by atoms with van der Waals surface area (Å²) in [5.41, 5.74) is 1.77. The Hall–Kier alpha value is -2.09. The van der Waals surface area contributed by atoms with Gasteiger partial charge < -0.3 is 10.6 Å². The molecule has 2 rings (SSSR count). The minimum atomic E-state index is -3.67. The molecule has 0 spiro atoms. The molecule has 0 unspecified atom stereocenters. The molecule has 0 aliphatic heterocycles. The van der Waals surface area contributed by atoms with Crippen LogP contribution in [0.2, 0.25) is 0 Å². The molecule has 0 atom stereocenters. The van der Waals surface area contributed by atoms with Gasteiger partial charge in [-0.05, 0) is 56.8 Å². The molecule has 0 radical (unpaired) electrons. The second-order valence-corrected chi connectivity index (χ2v) is 7.39. The zero-order valence-corrected chi connectivity index (χ0v) is 16.4. The first kappa shape index (κ1) is 22.0. The van der Waals surface area contributed by atoms with E-state index in [1.807, 2.05) is 7.05 Å². The summed E-state index contributed by atoms with van der Waals surface area (Å²) < 4.78 is 27.5. The number of amides is 1. The van der Waals surface area contributed by atoms with E-state index in [4.69, 9.17) is 0 Å². The van der Waals surface area contributed by atoms with Crippen LogP contribution in [0.15, 0.2) is 53.4 Å². The van der Waals surface area contributed by atoms with E-state index in [9.17, 15) is 13.2 Å². The van der Waals surface area contributed by atoms with Gasteiger partial charge in [0.15, 0.2) is 0 Å². The van der Waals surface area contributed by atoms with Crippen molar-refractivity contribution in [3.63, 3.8) is 0 Å². The highest BCUT2D eigenvalue weighted by Gasteiger charge is 2.15. The topological polar surface area (TPSA) is 87.3 Å². The first-order valence-corrected chi connectivity index (χ1v) is 9.53. The Kier molecular flexibility index (Phi) is 8.57. The number of hydrogen-bond acceptors (Lipinski definition) is 4. The largest absolute Gasteiger partial charge is 0.326 e. The molecule has 0 fully saturated rings. The van der Waals surface area contributed by atoms with E-state index < -0.39 is 10.0 Å². The Morgan fingerprint density at radius 2 is 1.77 bits per heavy atom. The number of nitrogens with one attached hydrogen (secondary N) is 3. The molecule has 0 aliphatic rings. The van der Waals surface area contributed by atoms with Gasteiger partial charge in [0.25, 0.3) is 10.0 Å². The van der Waals surface area contributed by atoms with Crippen LogP contribution in [0.4, 0.5) is 11.4 Å². The number of hydrogen-bond donors (Lipinski definition) is 3. The second-order valence-electron chi connectivity index (χ2n) is 5.70. The molecule has 2 aromatic carbocycles. The maximum Gasteiger partial charge on any atom is 0.261 e. The van der Waals surface area contributed by atoms with E-state index in [0.717, 1.165) is 18.5 Å². The molecule has 0 aromatic heterocycles. The number of aryl methyl sites for hydroxylation is 1. The summed E-state index contributed by atoms with van der Waals surface area (Å²) in [4.78, 5) is 12.1. The summed E-state index contributed by atoms with van der Waals surface area (Å²) in [6, 6.07) is 13.3. The van der Waals surface area contributed by atoms with Gasteiger partial charge in [-0.3, -0.25) is 9.52 Å². The molecule has 6 nitrogen and oxygen atoms in total. The van der Waals surface area contributed by atoms with E-state index in [0.29, 0.717) is 17.8 Å². The van der Waals surface area contributed by atoms with E-state index in [-0.39, 0.29) is 23.2 Å². The average Bonchev–Trinajstić information content (AvgIpc) is 2.59. The summed E-state index contributed by atoms with van der Waals surface area (Å²) >= 11 is 0. The minimum absolute atomic E-state index is 0. The maximum atomic E-state index is 12.5. The normalized spacial score (nSPS) is 10.7. The quantitative estimate of drug-likeness (QED) is 0.597. The van der Waals surface area contributed by atoms with Gasteiger partial charge in [0.05, 0.1) is 10.6 Å². The van der Waals surface area contributed by atoms with Crippen molar-refractivity contribution in [3.8, 4) is 0 Å². The summed E-state index contributed by atoms with van der Waals surface area (Å²) in [5, 5.41) is 5.78. The standard InChI is InChI=1S/C18H23N3O3S.ClH/c1-14-10-11-15(20-18(22)9-6-12-19-2)13-17(14)21-25(23,24)16-7-4-3-5-8-16;/h3-5,7-8,10-11,13,19,21H,6,9,12H2,1-2H3,(H,20,22);1H. The van der Waals surface area contributed by atoms with Crippen molar-refractivity contribution in [1.29, 1.82) is 0 Å². The fourth-order valence-electron chi connectivity index (χ4n) is 2.26. The van der Waals surface area contributed by atoms with Crippen molar-refractivity contribution >= 4 is 39.7 Å². The van der Waals surface area contributed by atoms with E-state index >= 15 is 0 Å². The molecule has 2 aromatic rings. The number of halogens is 1. The molecule has 0 heterocycles. The monoisotopic (exact) mass is 397 g/mol. The molecule has 142 valence electrons. The SMILES string of the molecule is CNCCCC(=O)Nc1ccc(C)c(NS(=O)(=O)c2ccccc2)c1.Cl. The number of rotatable bonds is 8. The van der Waals surface area contributed by atoms with Crippen molar-refractivity contribution in [2.75, 3.05) is 23.6 Å². The molecule has 8 heteroatoms. The molecular formula is C18H24ClN3O3S. The molecule has 26 heavy (non-hydrogen) atoms. The Morgan fingerprint density at radius 3 is 2.42 bits per heavy atom. The Bertz CT molecular complexity index is 827. The van der Waals surface area contributed by atoms with Crippen LogP contribution in [0.1, 0.15) is 18.4 Å². The van der Waals surface area contributed by atoms with Crippen molar-refractivity contribution in [2.24, 2.45) is 0 Å². The third kappa shape index (κ3) is 6.33. The lowest BCUT2D eigenvalue weighted by Crippen LogP contribution is -2.16. The van der Waals surface area contributed by atoms with Crippen molar-refractivity contribution in [1.82, 2.24) is 5.32 Å². The van der Waals surface area contributed by atoms with Gasteiger partial charge in [-0.1, -0.05) is 24.3 Å². The van der Waals surface area contributed by atoms with Crippen LogP contribution in [0, 0.1) is 6.92 Å². The predicted octanol–water partition coefficient (Wildman–Crippen LogP) is 3.16. The molecule has 1 amide bonds. The van der Waals surface area contributed by atoms with Crippen LogP contribution in [-0.4, -0.2) is 27.9 Å². The lowest BCUT2D eigenvalue weighted by molar-refractivity contribution is -0.116. The van der Waals surface area contributed by atoms with Crippen LogP contribution in [0.3, 0.4) is 0 Å². The first-order chi connectivity index (χ1) is 11.9. The van der Waals surface area contributed by atoms with E-state index in [1.54, 1.807) is 43.3 Å². The van der Waals surface area contributed by atoms with Crippen molar-refractivity contribution < 1.29 is 13.2 Å². The number of carbonyl (C=O) groups is 1. The van der Waals surface area contributed by atoms with Gasteiger partial charge in [-0.15, -0.1) is 12.4 Å². The molecule has 3 N–H and O–H groups in total. The Labute approximate surface area is 160 Å². The molecule has 0 bridgehead atoms. The fraction of sp³-hybridized carbons (Fsp3) is 0.278. The highest BCUT2D eigenvalue weighted by molar-refractivity contribution is 7.92. The lowest BCUT2D eigenvalue weighted by Gasteiger charge is -2.13. The first-order valence-electron chi connectivity index (χ1n) is 8.05. The van der Waals surface area contributed by atoms with Gasteiger partial charge >= 0.3 is 0 Å². The van der Waals surface area contributed by atoms with Crippen LogP contribution in [-0.2, 0) is 14.8 Å². The van der Waals surface area contributed by atoms with Gasteiger partial charge in [-0.25, -0.2) is 8.42 Å². The van der Waals surface area contributed by atoms with Gasteiger partial charge in [0, 0.05) is 12.1 Å². The third-order valence-corrected chi connectivity index (χ3v) is 5.03. The average molecular weight is 398 g/mol. The molecule has 0 saturated heterocycles. The van der Waals surface area contributed by atoms with Crippen molar-refractivity contribution in [2.45, 2.75) is 24.7 Å².